The number of nitrogens with two attached hydrogens (primary N) is 1. The summed E-state index contributed by atoms with van der Waals surface area (Å²) in [7, 11) is 0. The molecule has 0 heterocycles. The van der Waals surface area contributed by atoms with Gasteiger partial charge in [-0.25, -0.2) is 0 Å². The number of benzene rings is 1. The smallest absolute Gasteiger partial charge is 0.273 e. The highest BCUT2D eigenvalue weighted by molar-refractivity contribution is 7.80. The number of para-hydroxylation sites is 1. The molecule has 0 bridgehead atoms. The maximum atomic E-state index is 10.5. The zero-order valence-corrected chi connectivity index (χ0v) is 7.58. The Labute approximate surface area is 80.5 Å². The number of nitro groups is 1. The topological polar surface area (TPSA) is 69.2 Å². The van der Waals surface area contributed by atoms with Crippen molar-refractivity contribution >= 4 is 22.9 Å². The lowest BCUT2D eigenvalue weighted by molar-refractivity contribution is -0.385. The van der Waals surface area contributed by atoms with Crippen molar-refractivity contribution in [1.82, 2.24) is 0 Å². The van der Waals surface area contributed by atoms with E-state index in [0.717, 1.165) is 0 Å². The van der Waals surface area contributed by atoms with Gasteiger partial charge in [-0.2, -0.15) is 0 Å². The van der Waals surface area contributed by atoms with Crippen LogP contribution in [0, 0.1) is 10.1 Å². The second kappa shape index (κ2) is 3.95. The second-order valence-electron chi connectivity index (χ2n) is 2.53. The van der Waals surface area contributed by atoms with Gasteiger partial charge in [-0.1, -0.05) is 30.4 Å². The van der Waals surface area contributed by atoms with Crippen LogP contribution >= 0.6 is 12.2 Å². The average Bonchev–Trinajstić information content (AvgIpc) is 2.03. The minimum absolute atomic E-state index is 0.0651. The van der Waals surface area contributed by atoms with Gasteiger partial charge < -0.3 is 5.73 Å². The minimum Gasteiger partial charge on any atom is -0.393 e. The molecule has 4 nitrogen and oxygen atoms in total. The van der Waals surface area contributed by atoms with Gasteiger partial charge in [0.15, 0.2) is 0 Å². The van der Waals surface area contributed by atoms with Crippen LogP contribution in [0.2, 0.25) is 0 Å². The molecule has 0 aliphatic rings. The largest absolute Gasteiger partial charge is 0.393 e. The number of nitrogens with zero attached hydrogens (tertiary/aromatic N) is 1. The molecule has 0 aliphatic heterocycles. The summed E-state index contributed by atoms with van der Waals surface area (Å²) in [4.78, 5) is 10.3. The molecule has 2 N–H and O–H groups in total. The Bertz CT molecular complexity index is 352. The van der Waals surface area contributed by atoms with Crippen LogP contribution in [0.4, 0.5) is 5.69 Å². The van der Waals surface area contributed by atoms with Gasteiger partial charge in [0.05, 0.1) is 9.91 Å². The first-order valence-electron chi connectivity index (χ1n) is 3.62. The number of rotatable bonds is 3. The molecule has 0 saturated heterocycles. The Morgan fingerprint density at radius 1 is 1.54 bits per heavy atom. The van der Waals surface area contributed by atoms with Crippen molar-refractivity contribution in [3.8, 4) is 0 Å². The van der Waals surface area contributed by atoms with Crippen molar-refractivity contribution in [2.24, 2.45) is 5.73 Å². The fourth-order valence-electron chi connectivity index (χ4n) is 1.03. The zero-order chi connectivity index (χ0) is 9.84. The van der Waals surface area contributed by atoms with Gasteiger partial charge in [0, 0.05) is 18.1 Å². The van der Waals surface area contributed by atoms with Crippen LogP contribution in [0.5, 0.6) is 0 Å². The lowest BCUT2D eigenvalue weighted by Gasteiger charge is -1.99. The Morgan fingerprint density at radius 2 is 2.15 bits per heavy atom. The van der Waals surface area contributed by atoms with Gasteiger partial charge in [-0.05, 0) is 0 Å². The highest BCUT2D eigenvalue weighted by Crippen LogP contribution is 2.17. The lowest BCUT2D eigenvalue weighted by atomic mass is 10.1. The van der Waals surface area contributed by atoms with Gasteiger partial charge in [0.25, 0.3) is 5.69 Å². The summed E-state index contributed by atoms with van der Waals surface area (Å²) < 4.78 is 0. The Kier molecular flexibility index (Phi) is 2.92. The Balaban J connectivity index is 3.04. The second-order valence-corrected chi connectivity index (χ2v) is 3.05. The van der Waals surface area contributed by atoms with E-state index in [4.69, 9.17) is 5.73 Å². The molecule has 0 fully saturated rings. The van der Waals surface area contributed by atoms with Crippen molar-refractivity contribution < 1.29 is 4.92 Å². The fourth-order valence-corrected chi connectivity index (χ4v) is 1.18. The van der Waals surface area contributed by atoms with Crippen LogP contribution in [-0.2, 0) is 6.42 Å². The summed E-state index contributed by atoms with van der Waals surface area (Å²) in [6, 6.07) is 6.42. The van der Waals surface area contributed by atoms with E-state index in [0.29, 0.717) is 5.56 Å². The van der Waals surface area contributed by atoms with Crippen molar-refractivity contribution in [2.45, 2.75) is 6.42 Å². The third-order valence-electron chi connectivity index (χ3n) is 1.55. The van der Waals surface area contributed by atoms with Gasteiger partial charge >= 0.3 is 0 Å². The SMILES string of the molecule is NC(=S)Cc1ccccc1[N+](=O)[O-]. The molecular weight excluding hydrogens is 188 g/mol. The molecule has 0 atom stereocenters. The van der Waals surface area contributed by atoms with Crippen molar-refractivity contribution in [3.63, 3.8) is 0 Å². The summed E-state index contributed by atoms with van der Waals surface area (Å²) >= 11 is 4.68. The molecule has 0 aromatic heterocycles. The van der Waals surface area contributed by atoms with Crippen LogP contribution in [-0.4, -0.2) is 9.91 Å². The van der Waals surface area contributed by atoms with E-state index in [1.165, 1.54) is 6.07 Å². The van der Waals surface area contributed by atoms with Crippen LogP contribution in [0.15, 0.2) is 24.3 Å². The van der Waals surface area contributed by atoms with Gasteiger partial charge in [0.1, 0.15) is 0 Å². The molecule has 0 unspecified atom stereocenters. The Morgan fingerprint density at radius 3 is 2.69 bits per heavy atom. The summed E-state index contributed by atoms with van der Waals surface area (Å²) in [5.74, 6) is 0. The van der Waals surface area contributed by atoms with E-state index in [-0.39, 0.29) is 17.1 Å². The predicted molar refractivity (Wildman–Crippen MR) is 53.6 cm³/mol. The minimum atomic E-state index is -0.437. The molecule has 0 spiro atoms. The highest BCUT2D eigenvalue weighted by atomic mass is 32.1. The molecule has 68 valence electrons. The zero-order valence-electron chi connectivity index (χ0n) is 6.77. The van der Waals surface area contributed by atoms with Crippen molar-refractivity contribution in [1.29, 1.82) is 0 Å². The number of hydrogen-bond acceptors (Lipinski definition) is 3. The van der Waals surface area contributed by atoms with Crippen LogP contribution in [0.25, 0.3) is 0 Å². The molecule has 1 aromatic rings. The third-order valence-corrected chi connectivity index (χ3v) is 1.70. The van der Waals surface area contributed by atoms with Crippen LogP contribution < -0.4 is 5.73 Å². The first-order chi connectivity index (χ1) is 6.11. The van der Waals surface area contributed by atoms with Gasteiger partial charge in [0.2, 0.25) is 0 Å². The molecule has 0 saturated carbocycles. The van der Waals surface area contributed by atoms with E-state index in [1.54, 1.807) is 18.2 Å². The number of hydrogen-bond donors (Lipinski definition) is 1. The summed E-state index contributed by atoms with van der Waals surface area (Å²) in [5.41, 5.74) is 5.92. The standard InChI is InChI=1S/C8H8N2O2S/c9-8(13)5-6-3-1-2-4-7(6)10(11)12/h1-4H,5H2,(H2,9,13). The average molecular weight is 196 g/mol. The molecule has 0 aliphatic carbocycles. The maximum Gasteiger partial charge on any atom is 0.273 e. The van der Waals surface area contributed by atoms with Crippen molar-refractivity contribution in [2.75, 3.05) is 0 Å². The molecule has 1 rings (SSSR count). The monoisotopic (exact) mass is 196 g/mol. The summed E-state index contributed by atoms with van der Waals surface area (Å²) in [5, 5.41) is 10.5. The summed E-state index contributed by atoms with van der Waals surface area (Å²) in [6.07, 6.45) is 0.270. The highest BCUT2D eigenvalue weighted by Gasteiger charge is 2.11. The van der Waals surface area contributed by atoms with Crippen molar-refractivity contribution in [3.05, 3.63) is 39.9 Å². The van der Waals surface area contributed by atoms with E-state index in [2.05, 4.69) is 12.2 Å². The first kappa shape index (κ1) is 9.60. The summed E-state index contributed by atoms with van der Waals surface area (Å²) in [6.45, 7) is 0. The number of nitro benzene ring substituents is 1. The molecule has 1 aromatic carbocycles. The van der Waals surface area contributed by atoms with E-state index in [1.807, 2.05) is 0 Å². The van der Waals surface area contributed by atoms with E-state index in [9.17, 15) is 10.1 Å². The van der Waals surface area contributed by atoms with Crippen LogP contribution in [0.1, 0.15) is 5.56 Å². The molecule has 13 heavy (non-hydrogen) atoms. The lowest BCUT2D eigenvalue weighted by Crippen LogP contribution is -2.12. The maximum absolute atomic E-state index is 10.5. The van der Waals surface area contributed by atoms with Crippen LogP contribution in [0.3, 0.4) is 0 Å². The molecule has 0 amide bonds. The Hall–Kier alpha value is -1.49. The fraction of sp³-hybridized carbons (Fsp3) is 0.125. The first-order valence-corrected chi connectivity index (χ1v) is 4.02. The molecule has 5 heteroatoms. The third kappa shape index (κ3) is 2.48. The van der Waals surface area contributed by atoms with E-state index < -0.39 is 4.92 Å². The van der Waals surface area contributed by atoms with Gasteiger partial charge in [-0.15, -0.1) is 0 Å². The van der Waals surface area contributed by atoms with E-state index >= 15 is 0 Å². The normalized spacial score (nSPS) is 9.54. The quantitative estimate of drug-likeness (QED) is 0.451. The molecular formula is C8H8N2O2S. The van der Waals surface area contributed by atoms with Gasteiger partial charge in [-0.3, -0.25) is 10.1 Å². The number of thiocarbonyl (C=S) groups is 1. The predicted octanol–water partition coefficient (Wildman–Crippen LogP) is 1.42. The molecule has 0 radical (unpaired) electrons.